The van der Waals surface area contributed by atoms with Gasteiger partial charge in [0.1, 0.15) is 0 Å². The number of amides is 1. The van der Waals surface area contributed by atoms with Crippen LogP contribution in [0.2, 0.25) is 0 Å². The van der Waals surface area contributed by atoms with Crippen LogP contribution in [0.15, 0.2) is 0 Å². The Hall–Kier alpha value is -0.640. The molecule has 1 unspecified atom stereocenters. The number of hydrogen-bond donors (Lipinski definition) is 2. The number of hydrogen-bond acceptors (Lipinski definition) is 2. The van der Waals surface area contributed by atoms with E-state index in [9.17, 15) is 4.79 Å². The van der Waals surface area contributed by atoms with Gasteiger partial charge in [0.25, 0.3) is 0 Å². The van der Waals surface area contributed by atoms with Crippen molar-refractivity contribution in [2.45, 2.75) is 70.8 Å². The van der Waals surface area contributed by atoms with Crippen LogP contribution in [0.4, 0.5) is 0 Å². The Morgan fingerprint density at radius 3 is 2.19 bits per heavy atom. The molecule has 4 heteroatoms. The van der Waals surface area contributed by atoms with Crippen LogP contribution in [-0.4, -0.2) is 16.9 Å². The van der Waals surface area contributed by atoms with E-state index in [4.69, 9.17) is 18.0 Å². The minimum atomic E-state index is 0.115. The van der Waals surface area contributed by atoms with E-state index in [0.29, 0.717) is 16.8 Å². The van der Waals surface area contributed by atoms with E-state index in [1.807, 2.05) is 0 Å². The Morgan fingerprint density at radius 2 is 1.76 bits per heavy atom. The van der Waals surface area contributed by atoms with E-state index in [-0.39, 0.29) is 11.9 Å². The van der Waals surface area contributed by atoms with E-state index in [2.05, 4.69) is 12.2 Å². The zero-order valence-electron chi connectivity index (χ0n) is 13.1. The first-order chi connectivity index (χ1) is 9.98. The summed E-state index contributed by atoms with van der Waals surface area (Å²) >= 11 is 4.97. The Labute approximate surface area is 133 Å². The average molecular weight is 308 g/mol. The van der Waals surface area contributed by atoms with Crippen LogP contribution in [0.25, 0.3) is 0 Å². The monoisotopic (exact) mass is 308 g/mol. The summed E-state index contributed by atoms with van der Waals surface area (Å²) in [6, 6.07) is 0.115. The number of nitrogens with two attached hydrogens (primary N) is 1. The van der Waals surface area contributed by atoms with Gasteiger partial charge in [-0.2, -0.15) is 0 Å². The van der Waals surface area contributed by atoms with E-state index in [1.165, 1.54) is 38.5 Å². The smallest absolute Gasteiger partial charge is 0.220 e. The molecule has 0 aromatic rings. The number of rotatable bonds is 6. The van der Waals surface area contributed by atoms with Crippen molar-refractivity contribution in [1.29, 1.82) is 0 Å². The molecule has 1 atom stereocenters. The molecule has 0 aromatic carbocycles. The van der Waals surface area contributed by atoms with Crippen LogP contribution in [0.3, 0.4) is 0 Å². The standard InChI is InChI=1S/C17H28N2OS/c1-2-14(6-15(18)21)19-16(20)10-17-7-11-3-12(8-17)5-13(4-11)9-17/h11-14H,2-10H2,1H3,(H2,18,21)(H,19,20). The SMILES string of the molecule is CCC(CC(N)=S)NC(=O)CC12CC3CC(CC(C3)C1)C2. The van der Waals surface area contributed by atoms with Crippen LogP contribution in [0, 0.1) is 23.2 Å². The maximum absolute atomic E-state index is 12.5. The summed E-state index contributed by atoms with van der Waals surface area (Å²) in [6.45, 7) is 2.08. The predicted octanol–water partition coefficient (Wildman–Crippen LogP) is 3.16. The second-order valence-corrected chi connectivity index (χ2v) is 8.46. The zero-order chi connectivity index (χ0) is 15.0. The fourth-order valence-corrected chi connectivity index (χ4v) is 5.87. The average Bonchev–Trinajstić information content (AvgIpc) is 2.34. The van der Waals surface area contributed by atoms with Crippen molar-refractivity contribution < 1.29 is 4.79 Å². The third-order valence-corrected chi connectivity index (χ3v) is 6.17. The topological polar surface area (TPSA) is 55.1 Å². The summed E-state index contributed by atoms with van der Waals surface area (Å²) in [6.07, 6.45) is 10.4. The molecule has 4 aliphatic carbocycles. The zero-order valence-corrected chi connectivity index (χ0v) is 13.9. The van der Waals surface area contributed by atoms with Crippen molar-refractivity contribution in [2.24, 2.45) is 28.9 Å². The van der Waals surface area contributed by atoms with Gasteiger partial charge < -0.3 is 11.1 Å². The van der Waals surface area contributed by atoms with E-state index in [0.717, 1.165) is 30.6 Å². The molecule has 3 nitrogen and oxygen atoms in total. The Morgan fingerprint density at radius 1 is 1.24 bits per heavy atom. The first kappa shape index (κ1) is 15.3. The van der Waals surface area contributed by atoms with Crippen LogP contribution < -0.4 is 11.1 Å². The first-order valence-corrected chi connectivity index (χ1v) is 8.96. The van der Waals surface area contributed by atoms with Crippen molar-refractivity contribution in [1.82, 2.24) is 5.32 Å². The van der Waals surface area contributed by atoms with E-state index in [1.54, 1.807) is 0 Å². The molecule has 0 saturated heterocycles. The highest BCUT2D eigenvalue weighted by atomic mass is 32.1. The minimum absolute atomic E-state index is 0.115. The molecular weight excluding hydrogens is 280 g/mol. The molecule has 4 bridgehead atoms. The third-order valence-electron chi connectivity index (χ3n) is 6.01. The molecule has 0 aromatic heterocycles. The van der Waals surface area contributed by atoms with Gasteiger partial charge in [-0.1, -0.05) is 19.1 Å². The Balaban J connectivity index is 1.58. The summed E-state index contributed by atoms with van der Waals surface area (Å²) in [4.78, 5) is 13.0. The quantitative estimate of drug-likeness (QED) is 0.741. The van der Waals surface area contributed by atoms with Gasteiger partial charge in [0, 0.05) is 18.9 Å². The fraction of sp³-hybridized carbons (Fsp3) is 0.882. The lowest BCUT2D eigenvalue weighted by atomic mass is 9.49. The molecule has 3 N–H and O–H groups in total. The van der Waals surface area contributed by atoms with Gasteiger partial charge >= 0.3 is 0 Å². The lowest BCUT2D eigenvalue weighted by Crippen LogP contribution is -2.49. The molecule has 4 rings (SSSR count). The normalized spacial score (nSPS) is 38.2. The van der Waals surface area contributed by atoms with Crippen LogP contribution in [0.1, 0.15) is 64.7 Å². The molecule has 1 amide bonds. The number of carbonyl (C=O) groups excluding carboxylic acids is 1. The largest absolute Gasteiger partial charge is 0.393 e. The maximum Gasteiger partial charge on any atom is 0.220 e. The van der Waals surface area contributed by atoms with Crippen molar-refractivity contribution in [2.75, 3.05) is 0 Å². The van der Waals surface area contributed by atoms with Gasteiger partial charge in [-0.05, 0) is 68.1 Å². The number of nitrogens with one attached hydrogen (secondary N) is 1. The summed E-state index contributed by atoms with van der Waals surface area (Å²) in [7, 11) is 0. The second-order valence-electron chi connectivity index (χ2n) is 7.94. The molecule has 4 fully saturated rings. The fourth-order valence-electron chi connectivity index (χ4n) is 5.67. The molecule has 118 valence electrons. The molecular formula is C17H28N2OS. The number of thiocarbonyl (C=S) groups is 1. The third kappa shape index (κ3) is 3.41. The second kappa shape index (κ2) is 5.86. The van der Waals surface area contributed by atoms with Crippen molar-refractivity contribution in [3.63, 3.8) is 0 Å². The van der Waals surface area contributed by atoms with Gasteiger partial charge in [0.2, 0.25) is 5.91 Å². The van der Waals surface area contributed by atoms with Gasteiger partial charge in [-0.3, -0.25) is 4.79 Å². The summed E-state index contributed by atoms with van der Waals surface area (Å²) in [5.41, 5.74) is 5.93. The van der Waals surface area contributed by atoms with E-state index >= 15 is 0 Å². The van der Waals surface area contributed by atoms with Crippen molar-refractivity contribution >= 4 is 23.1 Å². The highest BCUT2D eigenvalue weighted by Gasteiger charge is 2.51. The predicted molar refractivity (Wildman–Crippen MR) is 88.8 cm³/mol. The van der Waals surface area contributed by atoms with Crippen LogP contribution >= 0.6 is 12.2 Å². The molecule has 0 spiro atoms. The summed E-state index contributed by atoms with van der Waals surface area (Å²) < 4.78 is 0. The Bertz CT molecular complexity index is 399. The van der Waals surface area contributed by atoms with Crippen molar-refractivity contribution in [3.05, 3.63) is 0 Å². The van der Waals surface area contributed by atoms with Gasteiger partial charge in [0.15, 0.2) is 0 Å². The Kier molecular flexibility index (Phi) is 4.26. The highest BCUT2D eigenvalue weighted by molar-refractivity contribution is 7.80. The lowest BCUT2D eigenvalue weighted by Gasteiger charge is -2.56. The van der Waals surface area contributed by atoms with Gasteiger partial charge in [0.05, 0.1) is 4.99 Å². The van der Waals surface area contributed by atoms with E-state index < -0.39 is 0 Å². The first-order valence-electron chi connectivity index (χ1n) is 8.55. The molecule has 4 aliphatic rings. The maximum atomic E-state index is 12.5. The van der Waals surface area contributed by atoms with Crippen LogP contribution in [-0.2, 0) is 4.79 Å². The molecule has 4 saturated carbocycles. The molecule has 21 heavy (non-hydrogen) atoms. The minimum Gasteiger partial charge on any atom is -0.393 e. The summed E-state index contributed by atoms with van der Waals surface area (Å²) in [5, 5.41) is 3.17. The summed E-state index contributed by atoms with van der Waals surface area (Å²) in [5.74, 6) is 2.94. The lowest BCUT2D eigenvalue weighted by molar-refractivity contribution is -0.130. The van der Waals surface area contributed by atoms with Crippen molar-refractivity contribution in [3.8, 4) is 0 Å². The van der Waals surface area contributed by atoms with Crippen LogP contribution in [0.5, 0.6) is 0 Å². The molecule has 0 aliphatic heterocycles. The molecule has 0 radical (unpaired) electrons. The van der Waals surface area contributed by atoms with Gasteiger partial charge in [-0.25, -0.2) is 0 Å². The number of carbonyl (C=O) groups is 1. The highest BCUT2D eigenvalue weighted by Crippen LogP contribution is 2.61. The van der Waals surface area contributed by atoms with Gasteiger partial charge in [-0.15, -0.1) is 0 Å². The molecule has 0 heterocycles.